The number of carboxylic acid groups (broad SMARTS) is 1. The predicted octanol–water partition coefficient (Wildman–Crippen LogP) is 3.14. The Morgan fingerprint density at radius 2 is 2.12 bits per heavy atom. The monoisotopic (exact) mass is 378 g/mol. The first-order valence-electron chi connectivity index (χ1n) is 7.95. The summed E-state index contributed by atoms with van der Waals surface area (Å²) in [7, 11) is 0. The summed E-state index contributed by atoms with van der Waals surface area (Å²) in [6.45, 7) is 1.95. The zero-order valence-corrected chi connectivity index (χ0v) is 14.6. The fraction of sp³-hybridized carbons (Fsp3) is 0.278. The Hall–Kier alpha value is -2.51. The minimum Gasteiger partial charge on any atom is -0.478 e. The number of carbonyl (C=O) groups excluding carboxylic acids is 1. The van der Waals surface area contributed by atoms with Crippen molar-refractivity contribution in [2.24, 2.45) is 0 Å². The van der Waals surface area contributed by atoms with Gasteiger partial charge in [-0.2, -0.15) is 0 Å². The molecule has 2 heterocycles. The summed E-state index contributed by atoms with van der Waals surface area (Å²) in [6, 6.07) is 6.74. The third-order valence-corrected chi connectivity index (χ3v) is 4.54. The summed E-state index contributed by atoms with van der Waals surface area (Å²) in [6.07, 6.45) is 0.0671. The average Bonchev–Trinajstić information content (AvgIpc) is 3.05. The molecule has 0 bridgehead atoms. The molecule has 2 aromatic rings. The van der Waals surface area contributed by atoms with Crippen molar-refractivity contribution in [1.82, 2.24) is 10.3 Å². The molecule has 0 aliphatic carbocycles. The lowest BCUT2D eigenvalue weighted by Crippen LogP contribution is -2.37. The number of nitrogens with one attached hydrogen (secondary N) is 1. The molecule has 1 aromatic carbocycles. The number of benzene rings is 1. The van der Waals surface area contributed by atoms with E-state index in [2.05, 4.69) is 10.3 Å². The molecule has 0 spiro atoms. The molecule has 2 atom stereocenters. The van der Waals surface area contributed by atoms with Crippen LogP contribution in [0, 0.1) is 12.7 Å². The standard InChI is InChI=1S/C18H16ClFN2O4/c1-9-11(18(24)25)3-5-15(21-9)17(23)22-14-6-7-26-16(14)10-2-4-12(19)13(20)8-10/h2-5,8,14,16H,6-7H2,1H3,(H,22,23)(H,24,25). The molecule has 2 N–H and O–H groups in total. The molecule has 1 amide bonds. The van der Waals surface area contributed by atoms with E-state index in [1.54, 1.807) is 6.07 Å². The highest BCUT2D eigenvalue weighted by Crippen LogP contribution is 2.31. The third kappa shape index (κ3) is 3.68. The quantitative estimate of drug-likeness (QED) is 0.853. The molecule has 1 saturated heterocycles. The van der Waals surface area contributed by atoms with E-state index >= 15 is 0 Å². The fourth-order valence-electron chi connectivity index (χ4n) is 2.91. The maximum atomic E-state index is 13.7. The number of hydrogen-bond donors (Lipinski definition) is 2. The van der Waals surface area contributed by atoms with Crippen molar-refractivity contribution in [3.63, 3.8) is 0 Å². The summed E-state index contributed by atoms with van der Waals surface area (Å²) in [4.78, 5) is 27.5. The SMILES string of the molecule is Cc1nc(C(=O)NC2CCOC2c2ccc(Cl)c(F)c2)ccc1C(=O)O. The molecular formula is C18H16ClFN2O4. The molecule has 0 radical (unpaired) electrons. The van der Waals surface area contributed by atoms with Crippen molar-refractivity contribution in [1.29, 1.82) is 0 Å². The number of aromatic nitrogens is 1. The van der Waals surface area contributed by atoms with Crippen molar-refractivity contribution < 1.29 is 23.8 Å². The van der Waals surface area contributed by atoms with Crippen LogP contribution in [-0.2, 0) is 4.74 Å². The van der Waals surface area contributed by atoms with Gasteiger partial charge >= 0.3 is 5.97 Å². The second kappa shape index (κ2) is 7.39. The maximum absolute atomic E-state index is 13.7. The van der Waals surface area contributed by atoms with Crippen LogP contribution >= 0.6 is 11.6 Å². The smallest absolute Gasteiger partial charge is 0.337 e. The van der Waals surface area contributed by atoms with E-state index in [9.17, 15) is 14.0 Å². The Morgan fingerprint density at radius 3 is 2.77 bits per heavy atom. The van der Waals surface area contributed by atoms with E-state index in [4.69, 9.17) is 21.4 Å². The fourth-order valence-corrected chi connectivity index (χ4v) is 3.03. The summed E-state index contributed by atoms with van der Waals surface area (Å²) in [5, 5.41) is 11.9. The van der Waals surface area contributed by atoms with Crippen molar-refractivity contribution in [2.45, 2.75) is 25.5 Å². The van der Waals surface area contributed by atoms with Gasteiger partial charge in [0.15, 0.2) is 0 Å². The van der Waals surface area contributed by atoms with E-state index in [1.807, 2.05) is 0 Å². The summed E-state index contributed by atoms with van der Waals surface area (Å²) in [5.74, 6) is -2.10. The minimum absolute atomic E-state index is 0.0190. The van der Waals surface area contributed by atoms with Gasteiger partial charge in [0.05, 0.1) is 22.3 Å². The molecule has 1 aliphatic heterocycles. The Labute approximate surface area is 154 Å². The molecule has 3 rings (SSSR count). The highest BCUT2D eigenvalue weighted by molar-refractivity contribution is 6.30. The molecule has 6 nitrogen and oxygen atoms in total. The number of pyridine rings is 1. The van der Waals surface area contributed by atoms with Gasteiger partial charge in [-0.3, -0.25) is 4.79 Å². The first-order valence-corrected chi connectivity index (χ1v) is 8.33. The van der Waals surface area contributed by atoms with Gasteiger partial charge in [-0.05, 0) is 43.2 Å². The van der Waals surface area contributed by atoms with Gasteiger partial charge in [0.25, 0.3) is 5.91 Å². The number of carbonyl (C=O) groups is 2. The largest absolute Gasteiger partial charge is 0.478 e. The van der Waals surface area contributed by atoms with Crippen LogP contribution in [0.4, 0.5) is 4.39 Å². The highest BCUT2D eigenvalue weighted by Gasteiger charge is 2.32. The first kappa shape index (κ1) is 18.3. The predicted molar refractivity (Wildman–Crippen MR) is 91.9 cm³/mol. The van der Waals surface area contributed by atoms with Crippen LogP contribution in [0.1, 0.15) is 44.6 Å². The number of rotatable bonds is 4. The zero-order valence-electron chi connectivity index (χ0n) is 13.8. The zero-order chi connectivity index (χ0) is 18.8. The number of aromatic carboxylic acids is 1. The number of nitrogens with zero attached hydrogens (tertiary/aromatic N) is 1. The highest BCUT2D eigenvalue weighted by atomic mass is 35.5. The number of aryl methyl sites for hydroxylation is 1. The molecule has 0 saturated carbocycles. The number of halogens is 2. The van der Waals surface area contributed by atoms with E-state index < -0.39 is 23.8 Å². The molecular weight excluding hydrogens is 363 g/mol. The van der Waals surface area contributed by atoms with Gasteiger partial charge in [-0.15, -0.1) is 0 Å². The third-order valence-electron chi connectivity index (χ3n) is 4.23. The second-order valence-electron chi connectivity index (χ2n) is 5.97. The van der Waals surface area contributed by atoms with Gasteiger partial charge < -0.3 is 15.2 Å². The first-order chi connectivity index (χ1) is 12.4. The van der Waals surface area contributed by atoms with Gasteiger partial charge in [-0.1, -0.05) is 17.7 Å². The average molecular weight is 379 g/mol. The molecule has 8 heteroatoms. The van der Waals surface area contributed by atoms with Crippen molar-refractivity contribution >= 4 is 23.5 Å². The Morgan fingerprint density at radius 1 is 1.35 bits per heavy atom. The Kier molecular flexibility index (Phi) is 5.20. The van der Waals surface area contributed by atoms with Crippen LogP contribution in [0.5, 0.6) is 0 Å². The summed E-state index contributed by atoms with van der Waals surface area (Å²) in [5.41, 5.74) is 0.991. The van der Waals surface area contributed by atoms with Gasteiger partial charge in [0.2, 0.25) is 0 Å². The van der Waals surface area contributed by atoms with E-state index in [0.29, 0.717) is 18.6 Å². The minimum atomic E-state index is -1.10. The normalized spacial score (nSPS) is 19.3. The van der Waals surface area contributed by atoms with Crippen LogP contribution in [0.25, 0.3) is 0 Å². The van der Waals surface area contributed by atoms with E-state index in [-0.39, 0.29) is 28.0 Å². The number of ether oxygens (including phenoxy) is 1. The lowest BCUT2D eigenvalue weighted by atomic mass is 10.0. The van der Waals surface area contributed by atoms with Crippen molar-refractivity contribution in [3.05, 3.63) is 63.7 Å². The van der Waals surface area contributed by atoms with Crippen LogP contribution < -0.4 is 5.32 Å². The topological polar surface area (TPSA) is 88.5 Å². The lowest BCUT2D eigenvalue weighted by Gasteiger charge is -2.20. The van der Waals surface area contributed by atoms with Crippen LogP contribution in [0.15, 0.2) is 30.3 Å². The molecule has 1 aromatic heterocycles. The van der Waals surface area contributed by atoms with Crippen molar-refractivity contribution in [3.8, 4) is 0 Å². The van der Waals surface area contributed by atoms with Gasteiger partial charge in [0, 0.05) is 6.61 Å². The molecule has 1 aliphatic rings. The van der Waals surface area contributed by atoms with Crippen molar-refractivity contribution in [2.75, 3.05) is 6.61 Å². The Bertz CT molecular complexity index is 874. The molecule has 26 heavy (non-hydrogen) atoms. The van der Waals surface area contributed by atoms with Crippen LogP contribution in [-0.4, -0.2) is 34.6 Å². The number of amides is 1. The van der Waals surface area contributed by atoms with E-state index in [0.717, 1.165) is 0 Å². The second-order valence-corrected chi connectivity index (χ2v) is 6.38. The molecule has 136 valence electrons. The number of hydrogen-bond acceptors (Lipinski definition) is 4. The number of carboxylic acids is 1. The van der Waals surface area contributed by atoms with E-state index in [1.165, 1.54) is 31.2 Å². The van der Waals surface area contributed by atoms with Gasteiger partial charge in [-0.25, -0.2) is 14.2 Å². The van der Waals surface area contributed by atoms with Crippen LogP contribution in [0.2, 0.25) is 5.02 Å². The summed E-state index contributed by atoms with van der Waals surface area (Å²) >= 11 is 5.70. The van der Waals surface area contributed by atoms with Crippen LogP contribution in [0.3, 0.4) is 0 Å². The summed E-state index contributed by atoms with van der Waals surface area (Å²) < 4.78 is 19.3. The molecule has 2 unspecified atom stereocenters. The maximum Gasteiger partial charge on any atom is 0.337 e. The lowest BCUT2D eigenvalue weighted by molar-refractivity contribution is 0.0694. The Balaban J connectivity index is 1.76. The molecule has 1 fully saturated rings. The van der Waals surface area contributed by atoms with Gasteiger partial charge in [0.1, 0.15) is 17.6 Å².